The largest absolute Gasteiger partial charge is 0.302 e. The summed E-state index contributed by atoms with van der Waals surface area (Å²) in [5.41, 5.74) is 1.41. The Kier molecular flexibility index (Phi) is 4.25. The first-order valence-corrected chi connectivity index (χ1v) is 6.87. The third-order valence-corrected chi connectivity index (χ3v) is 4.21. The van der Waals surface area contributed by atoms with Crippen LogP contribution >= 0.6 is 11.6 Å². The maximum atomic E-state index is 5.91. The molecule has 1 aromatic rings. The number of pyridine rings is 1. The molecule has 0 spiro atoms. The van der Waals surface area contributed by atoms with Crippen molar-refractivity contribution >= 4 is 11.6 Å². The number of aromatic nitrogens is 1. The minimum Gasteiger partial charge on any atom is -0.302 e. The van der Waals surface area contributed by atoms with Gasteiger partial charge in [-0.25, -0.2) is 4.98 Å². The van der Waals surface area contributed by atoms with E-state index in [4.69, 9.17) is 11.6 Å². The molecule has 100 valence electrons. The van der Waals surface area contributed by atoms with Crippen LogP contribution in [0.2, 0.25) is 5.15 Å². The van der Waals surface area contributed by atoms with Crippen molar-refractivity contribution in [3.63, 3.8) is 0 Å². The number of hydrogen-bond donors (Lipinski definition) is 0. The monoisotopic (exact) mass is 267 g/mol. The molecule has 1 aliphatic rings. The Bertz CT molecular complexity index is 402. The molecule has 1 aromatic heterocycles. The fourth-order valence-electron chi connectivity index (χ4n) is 2.70. The number of halogens is 1. The molecule has 1 heterocycles. The Labute approximate surface area is 115 Å². The van der Waals surface area contributed by atoms with E-state index in [1.807, 2.05) is 18.2 Å². The first kappa shape index (κ1) is 13.8. The highest BCUT2D eigenvalue weighted by Gasteiger charge is 2.39. The molecule has 0 amide bonds. The maximum Gasteiger partial charge on any atom is 0.129 e. The van der Waals surface area contributed by atoms with Crippen LogP contribution in [0.25, 0.3) is 0 Å². The van der Waals surface area contributed by atoms with Crippen molar-refractivity contribution in [2.75, 3.05) is 27.7 Å². The molecule has 0 atom stereocenters. The summed E-state index contributed by atoms with van der Waals surface area (Å²) in [4.78, 5) is 9.06. The smallest absolute Gasteiger partial charge is 0.129 e. The van der Waals surface area contributed by atoms with Gasteiger partial charge in [0.15, 0.2) is 0 Å². The average molecular weight is 268 g/mol. The van der Waals surface area contributed by atoms with Crippen LogP contribution in [0.15, 0.2) is 18.2 Å². The molecule has 1 fully saturated rings. The van der Waals surface area contributed by atoms with Crippen LogP contribution in [-0.2, 0) is 6.54 Å². The Morgan fingerprint density at radius 1 is 1.28 bits per heavy atom. The van der Waals surface area contributed by atoms with Gasteiger partial charge in [-0.15, -0.1) is 0 Å². The van der Waals surface area contributed by atoms with E-state index in [-0.39, 0.29) is 0 Å². The molecular weight excluding hydrogens is 246 g/mol. The van der Waals surface area contributed by atoms with E-state index >= 15 is 0 Å². The van der Waals surface area contributed by atoms with Gasteiger partial charge in [0.05, 0.1) is 5.69 Å². The molecule has 1 saturated carbocycles. The van der Waals surface area contributed by atoms with Gasteiger partial charge in [0.25, 0.3) is 0 Å². The van der Waals surface area contributed by atoms with Gasteiger partial charge in [-0.05, 0) is 52.5 Å². The van der Waals surface area contributed by atoms with Gasteiger partial charge in [0.1, 0.15) is 5.15 Å². The zero-order valence-electron chi connectivity index (χ0n) is 11.5. The summed E-state index contributed by atoms with van der Waals surface area (Å²) in [7, 11) is 6.53. The third-order valence-electron chi connectivity index (χ3n) is 4.00. The predicted octanol–water partition coefficient (Wildman–Crippen LogP) is 2.65. The molecule has 0 radical (unpaired) electrons. The fraction of sp³-hybridized carbons (Fsp3) is 0.643. The SMILES string of the molecule is CN(Cc1cccc(Cl)n1)CC1(N(C)C)CCC1. The van der Waals surface area contributed by atoms with Gasteiger partial charge < -0.3 is 4.90 Å². The minimum absolute atomic E-state index is 0.368. The van der Waals surface area contributed by atoms with E-state index in [1.54, 1.807) is 0 Å². The minimum atomic E-state index is 0.368. The maximum absolute atomic E-state index is 5.91. The van der Waals surface area contributed by atoms with Crippen molar-refractivity contribution in [2.45, 2.75) is 31.3 Å². The van der Waals surface area contributed by atoms with E-state index in [9.17, 15) is 0 Å². The van der Waals surface area contributed by atoms with E-state index in [0.29, 0.717) is 10.7 Å². The van der Waals surface area contributed by atoms with E-state index in [0.717, 1.165) is 18.8 Å². The first-order valence-electron chi connectivity index (χ1n) is 6.49. The van der Waals surface area contributed by atoms with Crippen LogP contribution < -0.4 is 0 Å². The van der Waals surface area contributed by atoms with Crippen LogP contribution in [0.4, 0.5) is 0 Å². The van der Waals surface area contributed by atoms with Gasteiger partial charge >= 0.3 is 0 Å². The molecule has 0 unspecified atom stereocenters. The van der Waals surface area contributed by atoms with E-state index in [2.05, 4.69) is 35.9 Å². The third kappa shape index (κ3) is 3.02. The van der Waals surface area contributed by atoms with Crippen LogP contribution in [0, 0.1) is 0 Å². The van der Waals surface area contributed by atoms with Gasteiger partial charge in [-0.2, -0.15) is 0 Å². The second-order valence-corrected chi connectivity index (χ2v) is 5.98. The topological polar surface area (TPSA) is 19.4 Å². The van der Waals surface area contributed by atoms with E-state index in [1.165, 1.54) is 19.3 Å². The molecule has 4 heteroatoms. The van der Waals surface area contributed by atoms with Crippen molar-refractivity contribution in [3.8, 4) is 0 Å². The summed E-state index contributed by atoms with van der Waals surface area (Å²) >= 11 is 5.91. The van der Waals surface area contributed by atoms with Crippen LogP contribution in [0.1, 0.15) is 25.0 Å². The second kappa shape index (κ2) is 5.55. The predicted molar refractivity (Wildman–Crippen MR) is 75.9 cm³/mol. The van der Waals surface area contributed by atoms with Crippen LogP contribution in [0.3, 0.4) is 0 Å². The van der Waals surface area contributed by atoms with E-state index < -0.39 is 0 Å². The quantitative estimate of drug-likeness (QED) is 0.765. The molecule has 0 aliphatic heterocycles. The summed E-state index contributed by atoms with van der Waals surface area (Å²) in [6.45, 7) is 1.95. The molecule has 0 bridgehead atoms. The highest BCUT2D eigenvalue weighted by atomic mass is 35.5. The lowest BCUT2D eigenvalue weighted by Gasteiger charge is -2.49. The average Bonchev–Trinajstić information content (AvgIpc) is 2.23. The first-order chi connectivity index (χ1) is 8.52. The zero-order chi connectivity index (χ0) is 13.2. The number of likely N-dealkylation sites (N-methyl/N-ethyl adjacent to an activating group) is 2. The highest BCUT2D eigenvalue weighted by Crippen LogP contribution is 2.36. The number of nitrogens with zero attached hydrogens (tertiary/aromatic N) is 3. The van der Waals surface area contributed by atoms with Crippen LogP contribution in [-0.4, -0.2) is 48.0 Å². The Hall–Kier alpha value is -0.640. The Balaban J connectivity index is 1.94. The summed E-state index contributed by atoms with van der Waals surface area (Å²) < 4.78 is 0. The summed E-state index contributed by atoms with van der Waals surface area (Å²) in [6.07, 6.45) is 3.95. The summed E-state index contributed by atoms with van der Waals surface area (Å²) in [6, 6.07) is 5.81. The lowest BCUT2D eigenvalue weighted by molar-refractivity contribution is 0.0256. The Morgan fingerprint density at radius 3 is 2.50 bits per heavy atom. The molecule has 0 aromatic carbocycles. The summed E-state index contributed by atoms with van der Waals surface area (Å²) in [5.74, 6) is 0. The van der Waals surface area contributed by atoms with Gasteiger partial charge in [-0.1, -0.05) is 17.7 Å². The van der Waals surface area contributed by atoms with Crippen molar-refractivity contribution in [2.24, 2.45) is 0 Å². The molecule has 2 rings (SSSR count). The van der Waals surface area contributed by atoms with Crippen molar-refractivity contribution in [1.29, 1.82) is 0 Å². The van der Waals surface area contributed by atoms with Crippen LogP contribution in [0.5, 0.6) is 0 Å². The second-order valence-electron chi connectivity index (χ2n) is 5.60. The van der Waals surface area contributed by atoms with Gasteiger partial charge in [-0.3, -0.25) is 4.90 Å². The standard InChI is InChI=1S/C14H22ClN3/c1-17(2)14(8-5-9-14)11-18(3)10-12-6-4-7-13(15)16-12/h4,6-7H,5,8-11H2,1-3H3. The molecule has 0 saturated heterocycles. The Morgan fingerprint density at radius 2 is 2.00 bits per heavy atom. The lowest BCUT2D eigenvalue weighted by Crippen LogP contribution is -2.56. The number of hydrogen-bond acceptors (Lipinski definition) is 3. The normalized spacial score (nSPS) is 18.1. The molecule has 0 N–H and O–H groups in total. The van der Waals surface area contributed by atoms with Crippen molar-refractivity contribution in [1.82, 2.24) is 14.8 Å². The van der Waals surface area contributed by atoms with Crippen molar-refractivity contribution < 1.29 is 0 Å². The van der Waals surface area contributed by atoms with Crippen molar-refractivity contribution in [3.05, 3.63) is 29.0 Å². The zero-order valence-corrected chi connectivity index (χ0v) is 12.2. The fourth-order valence-corrected chi connectivity index (χ4v) is 2.89. The molecule has 18 heavy (non-hydrogen) atoms. The summed E-state index contributed by atoms with van der Waals surface area (Å²) in [5, 5.41) is 0.576. The number of rotatable bonds is 5. The lowest BCUT2D eigenvalue weighted by atomic mass is 9.75. The van der Waals surface area contributed by atoms with Gasteiger partial charge in [0.2, 0.25) is 0 Å². The molecule has 3 nitrogen and oxygen atoms in total. The molecule has 1 aliphatic carbocycles. The van der Waals surface area contributed by atoms with Gasteiger partial charge in [0, 0.05) is 18.6 Å². The molecular formula is C14H22ClN3. The highest BCUT2D eigenvalue weighted by molar-refractivity contribution is 6.29.